The Kier molecular flexibility index (Phi) is 17.6. The molecule has 0 radical (unpaired) electrons. The third-order valence-electron chi connectivity index (χ3n) is 8.61. The molecule has 54 heavy (non-hydrogen) atoms. The van der Waals surface area contributed by atoms with Crippen molar-refractivity contribution < 1.29 is 18.0 Å². The maximum absolute atomic E-state index is 13.6. The summed E-state index contributed by atoms with van der Waals surface area (Å²) in [6.45, 7) is 26.9. The summed E-state index contributed by atoms with van der Waals surface area (Å²) in [4.78, 5) is 27.2. The molecule has 0 spiro atoms. The van der Waals surface area contributed by atoms with Gasteiger partial charge in [0.2, 0.25) is 6.41 Å². The minimum absolute atomic E-state index is 0.0754. The number of nitrogens with one attached hydrogen (secondary N) is 1. The fraction of sp³-hybridized carbons (Fsp3) is 0.568. The fourth-order valence-electron chi connectivity index (χ4n) is 4.99. The van der Waals surface area contributed by atoms with E-state index >= 15 is 0 Å². The summed E-state index contributed by atoms with van der Waals surface area (Å²) in [5.74, 6) is 12.5. The average Bonchev–Trinajstić information content (AvgIpc) is 3.83. The summed E-state index contributed by atoms with van der Waals surface area (Å²) < 4.78 is 31.8. The van der Waals surface area contributed by atoms with Crippen LogP contribution in [0.1, 0.15) is 120 Å². The van der Waals surface area contributed by atoms with Gasteiger partial charge in [-0.25, -0.2) is 13.1 Å². The zero-order valence-corrected chi connectivity index (χ0v) is 36.4. The van der Waals surface area contributed by atoms with Crippen LogP contribution in [-0.2, 0) is 31.6 Å². The largest absolute Gasteiger partial charge is 0.345 e. The van der Waals surface area contributed by atoms with Crippen molar-refractivity contribution in [3.05, 3.63) is 71.8 Å². The Hall–Kier alpha value is -3.57. The van der Waals surface area contributed by atoms with E-state index < -0.39 is 37.7 Å². The highest BCUT2D eigenvalue weighted by Gasteiger charge is 2.52. The molecule has 2 aromatic carbocycles. The second-order valence-corrected chi connectivity index (χ2v) is 21.5. The van der Waals surface area contributed by atoms with Crippen LogP contribution < -0.4 is 4.72 Å². The smallest absolute Gasteiger partial charge is 0.256 e. The molecule has 3 atom stereocenters. The number of hydrogen-bond donors (Lipinski definition) is 1. The van der Waals surface area contributed by atoms with Crippen LogP contribution in [0.4, 0.5) is 0 Å². The second kappa shape index (κ2) is 20.4. The second-order valence-electron chi connectivity index (χ2n) is 17.6. The van der Waals surface area contributed by atoms with Crippen LogP contribution in [0.25, 0.3) is 0 Å². The lowest BCUT2D eigenvalue weighted by molar-refractivity contribution is -0.137. The number of carbonyl (C=O) groups is 2. The molecule has 0 bridgehead atoms. The van der Waals surface area contributed by atoms with E-state index in [1.807, 2.05) is 149 Å². The van der Waals surface area contributed by atoms with Gasteiger partial charge in [0.05, 0.1) is 20.5 Å². The molecule has 2 heterocycles. The first-order chi connectivity index (χ1) is 25.0. The number of amides is 2. The van der Waals surface area contributed by atoms with Crippen molar-refractivity contribution in [3.8, 4) is 23.7 Å². The number of carbonyl (C=O) groups excluding carboxylic acids is 2. The van der Waals surface area contributed by atoms with Crippen LogP contribution in [0.5, 0.6) is 0 Å². The van der Waals surface area contributed by atoms with Crippen LogP contribution in [0.15, 0.2) is 65.1 Å². The van der Waals surface area contributed by atoms with E-state index in [2.05, 4.69) is 32.8 Å². The molecule has 4 rings (SSSR count). The molecule has 0 aliphatic carbocycles. The van der Waals surface area contributed by atoms with Gasteiger partial charge in [-0.2, -0.15) is 4.40 Å². The number of hydrogen-bond acceptors (Lipinski definition) is 4. The predicted octanol–water partition coefficient (Wildman–Crippen LogP) is 7.72. The van der Waals surface area contributed by atoms with E-state index in [9.17, 15) is 18.0 Å². The van der Waals surface area contributed by atoms with Gasteiger partial charge < -0.3 is 9.80 Å². The molecule has 2 aromatic rings. The fourth-order valence-corrected chi connectivity index (χ4v) is 6.78. The van der Waals surface area contributed by atoms with Gasteiger partial charge >= 0.3 is 0 Å². The van der Waals surface area contributed by atoms with E-state index in [-0.39, 0.29) is 16.1 Å². The third kappa shape index (κ3) is 14.9. The van der Waals surface area contributed by atoms with Crippen molar-refractivity contribution in [3.63, 3.8) is 0 Å². The Morgan fingerprint density at radius 2 is 1.17 bits per heavy atom. The highest BCUT2D eigenvalue weighted by atomic mass is 32.2. The molecule has 2 amide bonds. The highest BCUT2D eigenvalue weighted by molar-refractivity contribution is 7.85. The van der Waals surface area contributed by atoms with E-state index in [0.29, 0.717) is 5.71 Å². The lowest BCUT2D eigenvalue weighted by Crippen LogP contribution is -2.65. The monoisotopic (exact) mass is 776 g/mol. The molecule has 2 fully saturated rings. The van der Waals surface area contributed by atoms with Crippen molar-refractivity contribution in [1.29, 1.82) is 0 Å². The molecule has 0 saturated carbocycles. The van der Waals surface area contributed by atoms with Crippen LogP contribution in [0.2, 0.25) is 0 Å². The first-order valence-corrected chi connectivity index (χ1v) is 21.1. The quantitative estimate of drug-likeness (QED) is 0.191. The Labute approximate surface area is 331 Å². The molecule has 0 unspecified atom stereocenters. The molecule has 10 heteroatoms. The van der Waals surface area contributed by atoms with Gasteiger partial charge in [0.25, 0.3) is 5.91 Å². The lowest BCUT2D eigenvalue weighted by atomic mass is 9.73. The molecule has 2 aliphatic heterocycles. The van der Waals surface area contributed by atoms with Crippen LogP contribution in [0.3, 0.4) is 0 Å². The average molecular weight is 777 g/mol. The molecule has 1 N–H and O–H groups in total. The Morgan fingerprint density at radius 3 is 1.56 bits per heavy atom. The van der Waals surface area contributed by atoms with Crippen LogP contribution in [0, 0.1) is 34.5 Å². The molecule has 2 saturated heterocycles. The maximum atomic E-state index is 13.6. The topological polar surface area (TPSA) is 99.1 Å². The van der Waals surface area contributed by atoms with E-state index in [1.54, 1.807) is 4.90 Å². The molecule has 296 valence electrons. The molecular formula is C44H64N4O4S2. The third-order valence-corrected chi connectivity index (χ3v) is 11.6. The summed E-state index contributed by atoms with van der Waals surface area (Å²) in [6, 6.07) is 19.4. The predicted molar refractivity (Wildman–Crippen MR) is 227 cm³/mol. The SMILES string of the molecule is CC(C)(C)C(C#Cc1ccccc1)=N[S@@](=O)C(C)(C)C.CC(C)(C)[S@](=O)N[C@](C#Cc1ccccc1)(C(=O)N1CCCC1)C(C)(C)C.O=CN1CCCC1. The van der Waals surface area contributed by atoms with Crippen molar-refractivity contribution in [2.24, 2.45) is 15.2 Å². The van der Waals surface area contributed by atoms with Gasteiger partial charge in [-0.1, -0.05) is 95.7 Å². The van der Waals surface area contributed by atoms with E-state index in [0.717, 1.165) is 56.6 Å². The van der Waals surface area contributed by atoms with Crippen LogP contribution in [-0.4, -0.2) is 77.5 Å². The summed E-state index contributed by atoms with van der Waals surface area (Å²) in [5.41, 5.74) is 0.452. The van der Waals surface area contributed by atoms with E-state index in [1.165, 1.54) is 12.8 Å². The van der Waals surface area contributed by atoms with Crippen LogP contribution >= 0.6 is 0 Å². The minimum atomic E-state index is -1.43. The van der Waals surface area contributed by atoms with Crippen molar-refractivity contribution in [2.75, 3.05) is 26.2 Å². The molecular weight excluding hydrogens is 713 g/mol. The summed E-state index contributed by atoms with van der Waals surface area (Å²) in [7, 11) is -2.72. The minimum Gasteiger partial charge on any atom is -0.345 e. The van der Waals surface area contributed by atoms with Gasteiger partial charge in [0.15, 0.2) is 5.54 Å². The number of benzene rings is 2. The van der Waals surface area contributed by atoms with E-state index in [4.69, 9.17) is 0 Å². The van der Waals surface area contributed by atoms with Gasteiger partial charge in [-0.3, -0.25) is 9.59 Å². The first kappa shape index (κ1) is 46.6. The van der Waals surface area contributed by atoms with Gasteiger partial charge in [0, 0.05) is 48.1 Å². The molecule has 2 aliphatic rings. The normalized spacial score (nSPS) is 17.1. The summed E-state index contributed by atoms with van der Waals surface area (Å²) >= 11 is 0. The maximum Gasteiger partial charge on any atom is 0.256 e. The Morgan fingerprint density at radius 1 is 0.704 bits per heavy atom. The van der Waals surface area contributed by atoms with Gasteiger partial charge in [-0.15, -0.1) is 0 Å². The van der Waals surface area contributed by atoms with Crippen molar-refractivity contribution >= 4 is 40.0 Å². The highest BCUT2D eigenvalue weighted by Crippen LogP contribution is 2.34. The zero-order valence-electron chi connectivity index (χ0n) is 34.8. The van der Waals surface area contributed by atoms with Gasteiger partial charge in [-0.05, 0) is 97.4 Å². The zero-order chi connectivity index (χ0) is 40.8. The standard InChI is InChI=1S/C22H32N2O2S.C17H23NOS.C5H9NO/c1-20(2,3)22(23-27(26)21(4,5)6,19(25)24-16-10-11-17-24)15-14-18-12-8-7-9-13-18;1-16(2,3)15(18-20(19)17(4,5)6)13-12-14-10-8-7-9-11-14;7-5-6-3-1-2-4-6/h7-9,12-13,23H,10-11,16-17H2,1-6H3;7-11H,1-6H3;5H,1-4H2/t22-,27+;20-;/m10./s1. The Balaban J connectivity index is 0.000000325. The van der Waals surface area contributed by atoms with Crippen molar-refractivity contribution in [1.82, 2.24) is 14.5 Å². The number of nitrogens with zero attached hydrogens (tertiary/aromatic N) is 3. The molecule has 0 aromatic heterocycles. The van der Waals surface area contributed by atoms with Gasteiger partial charge in [0.1, 0.15) is 16.7 Å². The van der Waals surface area contributed by atoms with Crippen molar-refractivity contribution in [2.45, 2.75) is 124 Å². The lowest BCUT2D eigenvalue weighted by Gasteiger charge is -2.42. The Bertz CT molecular complexity index is 1710. The molecule has 8 nitrogen and oxygen atoms in total. The summed E-state index contributed by atoms with van der Waals surface area (Å²) in [6.07, 6.45) is 5.31. The first-order valence-electron chi connectivity index (χ1n) is 18.9. The number of rotatable bonds is 5. The summed E-state index contributed by atoms with van der Waals surface area (Å²) in [5, 5.41) is 0. The number of likely N-dealkylation sites (tertiary alicyclic amines) is 2.